The summed E-state index contributed by atoms with van der Waals surface area (Å²) < 4.78 is 25.7. The minimum Gasteiger partial charge on any atom is -0.396 e. The average Bonchev–Trinajstić information content (AvgIpc) is 2.24. The molecule has 0 unspecified atom stereocenters. The summed E-state index contributed by atoms with van der Waals surface area (Å²) in [5.41, 5.74) is -0.0853. The van der Waals surface area contributed by atoms with Crippen LogP contribution in [0.15, 0.2) is 18.2 Å². The van der Waals surface area contributed by atoms with E-state index in [-0.39, 0.29) is 23.7 Å². The number of ketones is 1. The van der Waals surface area contributed by atoms with Gasteiger partial charge in [0.1, 0.15) is 11.6 Å². The third-order valence-electron chi connectivity index (χ3n) is 1.91. The third kappa shape index (κ3) is 3.90. The Morgan fingerprint density at radius 3 is 2.75 bits per heavy atom. The molecule has 0 heterocycles. The maximum atomic E-state index is 13.2. The molecule has 88 valence electrons. The highest BCUT2D eigenvalue weighted by Crippen LogP contribution is 2.13. The highest BCUT2D eigenvalue weighted by molar-refractivity contribution is 7.99. The number of thioether (sulfide) groups is 1. The van der Waals surface area contributed by atoms with Crippen LogP contribution in [0.2, 0.25) is 0 Å². The van der Waals surface area contributed by atoms with Crippen molar-refractivity contribution >= 4 is 17.5 Å². The first-order valence-corrected chi connectivity index (χ1v) is 5.97. The standard InChI is InChI=1S/C11H12F2O2S/c12-8-2-3-9(10(13)6-8)11(15)7-16-5-1-4-14/h2-3,6,14H,1,4-5,7H2. The summed E-state index contributed by atoms with van der Waals surface area (Å²) in [4.78, 5) is 11.5. The molecule has 1 rings (SSSR count). The lowest BCUT2D eigenvalue weighted by atomic mass is 10.1. The van der Waals surface area contributed by atoms with E-state index in [0.717, 1.165) is 12.1 Å². The number of carbonyl (C=O) groups is 1. The molecule has 0 aromatic heterocycles. The number of rotatable bonds is 6. The van der Waals surface area contributed by atoms with E-state index in [1.54, 1.807) is 0 Å². The Hall–Kier alpha value is -0.940. The Labute approximate surface area is 96.7 Å². The van der Waals surface area contributed by atoms with Crippen molar-refractivity contribution in [1.29, 1.82) is 0 Å². The largest absolute Gasteiger partial charge is 0.396 e. The van der Waals surface area contributed by atoms with Crippen LogP contribution in [0.5, 0.6) is 0 Å². The zero-order chi connectivity index (χ0) is 12.0. The van der Waals surface area contributed by atoms with Gasteiger partial charge in [-0.05, 0) is 24.3 Å². The van der Waals surface area contributed by atoms with Gasteiger partial charge in [0.25, 0.3) is 0 Å². The highest BCUT2D eigenvalue weighted by atomic mass is 32.2. The second kappa shape index (κ2) is 6.60. The fraction of sp³-hybridized carbons (Fsp3) is 0.364. The van der Waals surface area contributed by atoms with Crippen LogP contribution in [0.3, 0.4) is 0 Å². The van der Waals surface area contributed by atoms with Gasteiger partial charge in [0, 0.05) is 12.7 Å². The van der Waals surface area contributed by atoms with E-state index in [2.05, 4.69) is 0 Å². The SMILES string of the molecule is O=C(CSCCCO)c1ccc(F)cc1F. The summed E-state index contributed by atoms with van der Waals surface area (Å²) >= 11 is 1.32. The van der Waals surface area contributed by atoms with E-state index in [1.807, 2.05) is 0 Å². The Kier molecular flexibility index (Phi) is 5.42. The first kappa shape index (κ1) is 13.1. The summed E-state index contributed by atoms with van der Waals surface area (Å²) in [5.74, 6) is -1.09. The van der Waals surface area contributed by atoms with Crippen molar-refractivity contribution in [3.05, 3.63) is 35.4 Å². The van der Waals surface area contributed by atoms with E-state index >= 15 is 0 Å². The number of carbonyl (C=O) groups excluding carboxylic acids is 1. The lowest BCUT2D eigenvalue weighted by molar-refractivity contribution is 0.101. The molecule has 2 nitrogen and oxygen atoms in total. The molecule has 0 aliphatic rings. The van der Waals surface area contributed by atoms with Gasteiger partial charge in [-0.3, -0.25) is 4.79 Å². The Morgan fingerprint density at radius 2 is 2.12 bits per heavy atom. The summed E-state index contributed by atoms with van der Waals surface area (Å²) in [6, 6.07) is 2.92. The van der Waals surface area contributed by atoms with Crippen molar-refractivity contribution in [3.8, 4) is 0 Å². The maximum absolute atomic E-state index is 13.2. The molecule has 1 N–H and O–H groups in total. The molecule has 0 radical (unpaired) electrons. The average molecular weight is 246 g/mol. The van der Waals surface area contributed by atoms with Crippen molar-refractivity contribution in [2.75, 3.05) is 18.1 Å². The molecule has 0 bridgehead atoms. The predicted octanol–water partition coefficient (Wildman–Crippen LogP) is 2.26. The van der Waals surface area contributed by atoms with Gasteiger partial charge in [0.15, 0.2) is 5.78 Å². The molecule has 0 aliphatic carbocycles. The van der Waals surface area contributed by atoms with Crippen molar-refractivity contribution in [2.45, 2.75) is 6.42 Å². The number of aliphatic hydroxyl groups is 1. The molecule has 5 heteroatoms. The van der Waals surface area contributed by atoms with Crippen LogP contribution in [-0.4, -0.2) is 29.0 Å². The normalized spacial score (nSPS) is 10.4. The van der Waals surface area contributed by atoms with Gasteiger partial charge in [-0.1, -0.05) is 0 Å². The molecule has 0 fully saturated rings. The van der Waals surface area contributed by atoms with Crippen molar-refractivity contribution < 1.29 is 18.7 Å². The summed E-state index contributed by atoms with van der Waals surface area (Å²) in [6.45, 7) is 0.0755. The minimum atomic E-state index is -0.826. The number of hydrogen-bond acceptors (Lipinski definition) is 3. The second-order valence-corrected chi connectivity index (χ2v) is 4.28. The smallest absolute Gasteiger partial charge is 0.175 e. The van der Waals surface area contributed by atoms with Gasteiger partial charge >= 0.3 is 0 Å². The van der Waals surface area contributed by atoms with Crippen molar-refractivity contribution in [3.63, 3.8) is 0 Å². The van der Waals surface area contributed by atoms with Crippen molar-refractivity contribution in [1.82, 2.24) is 0 Å². The Bertz CT molecular complexity index is 369. The predicted molar refractivity (Wildman–Crippen MR) is 59.7 cm³/mol. The first-order chi connectivity index (χ1) is 7.65. The van der Waals surface area contributed by atoms with Gasteiger partial charge in [0.05, 0.1) is 11.3 Å². The lowest BCUT2D eigenvalue weighted by Crippen LogP contribution is -2.06. The molecule has 0 amide bonds. The van der Waals surface area contributed by atoms with Crippen LogP contribution in [0.4, 0.5) is 8.78 Å². The minimum absolute atomic E-state index is 0.0755. The molecular formula is C11H12F2O2S. The monoisotopic (exact) mass is 246 g/mol. The molecule has 16 heavy (non-hydrogen) atoms. The second-order valence-electron chi connectivity index (χ2n) is 3.18. The molecule has 1 aromatic rings. The van der Waals surface area contributed by atoms with Crippen LogP contribution in [0.1, 0.15) is 16.8 Å². The van der Waals surface area contributed by atoms with Gasteiger partial charge in [-0.2, -0.15) is 11.8 Å². The summed E-state index contributed by atoms with van der Waals surface area (Å²) in [6.07, 6.45) is 0.601. The van der Waals surface area contributed by atoms with Crippen LogP contribution in [0, 0.1) is 11.6 Å². The fourth-order valence-electron chi connectivity index (χ4n) is 1.12. The summed E-state index contributed by atoms with van der Waals surface area (Å²) in [5, 5.41) is 8.52. The van der Waals surface area contributed by atoms with Gasteiger partial charge in [-0.15, -0.1) is 0 Å². The Morgan fingerprint density at radius 1 is 1.38 bits per heavy atom. The molecule has 0 saturated heterocycles. The van der Waals surface area contributed by atoms with E-state index in [0.29, 0.717) is 18.2 Å². The lowest BCUT2D eigenvalue weighted by Gasteiger charge is -2.02. The van der Waals surface area contributed by atoms with Gasteiger partial charge < -0.3 is 5.11 Å². The first-order valence-electron chi connectivity index (χ1n) is 4.82. The van der Waals surface area contributed by atoms with Gasteiger partial charge in [0.2, 0.25) is 0 Å². The quantitative estimate of drug-likeness (QED) is 0.618. The highest BCUT2D eigenvalue weighted by Gasteiger charge is 2.11. The van der Waals surface area contributed by atoms with Gasteiger partial charge in [-0.25, -0.2) is 8.78 Å². The van der Waals surface area contributed by atoms with E-state index in [4.69, 9.17) is 5.11 Å². The molecule has 0 atom stereocenters. The van der Waals surface area contributed by atoms with Crippen LogP contribution < -0.4 is 0 Å². The maximum Gasteiger partial charge on any atom is 0.175 e. The number of hydrogen-bond donors (Lipinski definition) is 1. The zero-order valence-electron chi connectivity index (χ0n) is 8.58. The molecule has 1 aromatic carbocycles. The third-order valence-corrected chi connectivity index (χ3v) is 2.96. The van der Waals surface area contributed by atoms with Crippen LogP contribution >= 0.6 is 11.8 Å². The summed E-state index contributed by atoms with van der Waals surface area (Å²) in [7, 11) is 0. The van der Waals surface area contributed by atoms with E-state index in [9.17, 15) is 13.6 Å². The van der Waals surface area contributed by atoms with Crippen LogP contribution in [0.25, 0.3) is 0 Å². The Balaban J connectivity index is 2.53. The molecule has 0 spiro atoms. The number of halogens is 2. The molecule has 0 saturated carbocycles. The number of aliphatic hydroxyl groups excluding tert-OH is 1. The van der Waals surface area contributed by atoms with Crippen molar-refractivity contribution in [2.24, 2.45) is 0 Å². The topological polar surface area (TPSA) is 37.3 Å². The van der Waals surface area contributed by atoms with E-state index in [1.165, 1.54) is 11.8 Å². The number of benzene rings is 1. The van der Waals surface area contributed by atoms with E-state index < -0.39 is 11.6 Å². The zero-order valence-corrected chi connectivity index (χ0v) is 9.40. The fourth-order valence-corrected chi connectivity index (χ4v) is 1.94. The molecular weight excluding hydrogens is 234 g/mol. The van der Waals surface area contributed by atoms with Crippen LogP contribution in [-0.2, 0) is 0 Å². The number of Topliss-reactive ketones (excluding diaryl/α,β-unsaturated/α-hetero) is 1. The molecule has 0 aliphatic heterocycles.